The molecule has 0 fully saturated rings. The van der Waals surface area contributed by atoms with Crippen LogP contribution in [0.4, 0.5) is 0 Å². The van der Waals surface area contributed by atoms with Crippen molar-refractivity contribution in [3.8, 4) is 11.4 Å². The molecule has 88 valence electrons. The predicted molar refractivity (Wildman–Crippen MR) is 63.3 cm³/mol. The highest BCUT2D eigenvalue weighted by Crippen LogP contribution is 2.19. The highest BCUT2D eigenvalue weighted by atomic mass is 16.3. The van der Waals surface area contributed by atoms with Crippen molar-refractivity contribution in [2.24, 2.45) is 0 Å². The predicted octanol–water partition coefficient (Wildman–Crippen LogP) is 1.06. The lowest BCUT2D eigenvalue weighted by molar-refractivity contribution is 0.0769. The lowest BCUT2D eigenvalue weighted by atomic mass is 9.99. The Bertz CT molecular complexity index is 570. The minimum Gasteiger partial charge on any atom is -0.386 e. The van der Waals surface area contributed by atoms with Gasteiger partial charge in [-0.25, -0.2) is 5.10 Å². The third-order valence-corrected chi connectivity index (χ3v) is 2.39. The summed E-state index contributed by atoms with van der Waals surface area (Å²) in [7, 11) is 0. The van der Waals surface area contributed by atoms with Gasteiger partial charge in [-0.2, -0.15) is 5.10 Å². The van der Waals surface area contributed by atoms with Crippen LogP contribution in [0.2, 0.25) is 0 Å². The van der Waals surface area contributed by atoms with E-state index < -0.39 is 11.2 Å². The van der Waals surface area contributed by atoms with Crippen LogP contribution in [0.25, 0.3) is 11.4 Å². The van der Waals surface area contributed by atoms with Gasteiger partial charge in [-0.3, -0.25) is 9.78 Å². The molecule has 5 heteroatoms. The van der Waals surface area contributed by atoms with Crippen molar-refractivity contribution < 1.29 is 5.11 Å². The fourth-order valence-corrected chi connectivity index (χ4v) is 1.51. The van der Waals surface area contributed by atoms with Crippen molar-refractivity contribution in [3.63, 3.8) is 0 Å². The van der Waals surface area contributed by atoms with Crippen LogP contribution in [0.5, 0.6) is 0 Å². The Morgan fingerprint density at radius 2 is 2.06 bits per heavy atom. The fourth-order valence-electron chi connectivity index (χ4n) is 1.51. The zero-order valence-corrected chi connectivity index (χ0v) is 9.64. The number of aromatic amines is 1. The molecule has 0 aliphatic heterocycles. The maximum atomic E-state index is 11.6. The Kier molecular flexibility index (Phi) is 2.77. The first kappa shape index (κ1) is 11.5. The number of pyridine rings is 1. The fraction of sp³-hybridized carbons (Fsp3) is 0.250. The van der Waals surface area contributed by atoms with E-state index in [0.717, 1.165) is 0 Å². The van der Waals surface area contributed by atoms with Gasteiger partial charge in [0.05, 0.1) is 16.9 Å². The van der Waals surface area contributed by atoms with Gasteiger partial charge >= 0.3 is 0 Å². The van der Waals surface area contributed by atoms with Gasteiger partial charge < -0.3 is 5.11 Å². The smallest absolute Gasteiger partial charge is 0.270 e. The van der Waals surface area contributed by atoms with Crippen LogP contribution in [0.1, 0.15) is 19.4 Å². The SMILES string of the molecule is CC(C)(O)c1cc(-c2ccccn2)n[nH]c1=O. The van der Waals surface area contributed by atoms with Crippen molar-refractivity contribution in [1.29, 1.82) is 0 Å². The van der Waals surface area contributed by atoms with E-state index >= 15 is 0 Å². The van der Waals surface area contributed by atoms with E-state index in [9.17, 15) is 9.90 Å². The minimum absolute atomic E-state index is 0.271. The van der Waals surface area contributed by atoms with E-state index in [1.807, 2.05) is 6.07 Å². The summed E-state index contributed by atoms with van der Waals surface area (Å²) in [5, 5.41) is 16.2. The number of aromatic nitrogens is 3. The second-order valence-corrected chi connectivity index (χ2v) is 4.27. The zero-order chi connectivity index (χ0) is 12.5. The summed E-state index contributed by atoms with van der Waals surface area (Å²) in [5.74, 6) is 0. The van der Waals surface area contributed by atoms with Gasteiger partial charge in [-0.15, -0.1) is 0 Å². The largest absolute Gasteiger partial charge is 0.386 e. The van der Waals surface area contributed by atoms with E-state index in [2.05, 4.69) is 15.2 Å². The molecule has 0 aromatic carbocycles. The lowest BCUT2D eigenvalue weighted by Crippen LogP contribution is -2.27. The molecule has 2 rings (SSSR count). The minimum atomic E-state index is -1.21. The van der Waals surface area contributed by atoms with E-state index in [1.54, 1.807) is 38.2 Å². The molecule has 0 radical (unpaired) electrons. The quantitative estimate of drug-likeness (QED) is 0.810. The van der Waals surface area contributed by atoms with E-state index in [4.69, 9.17) is 0 Å². The molecule has 0 bridgehead atoms. The van der Waals surface area contributed by atoms with E-state index in [-0.39, 0.29) is 5.56 Å². The van der Waals surface area contributed by atoms with Crippen LogP contribution < -0.4 is 5.56 Å². The first-order valence-electron chi connectivity index (χ1n) is 5.22. The van der Waals surface area contributed by atoms with Gasteiger partial charge in [-0.05, 0) is 32.0 Å². The first-order valence-corrected chi connectivity index (χ1v) is 5.22. The van der Waals surface area contributed by atoms with E-state index in [0.29, 0.717) is 11.4 Å². The van der Waals surface area contributed by atoms with Gasteiger partial charge in [0.15, 0.2) is 0 Å². The van der Waals surface area contributed by atoms with Gasteiger partial charge in [0.2, 0.25) is 0 Å². The highest BCUT2D eigenvalue weighted by molar-refractivity contribution is 5.53. The topological polar surface area (TPSA) is 78.9 Å². The number of nitrogens with one attached hydrogen (secondary N) is 1. The summed E-state index contributed by atoms with van der Waals surface area (Å²) in [5.41, 5.74) is -0.151. The number of aliphatic hydroxyl groups is 1. The number of nitrogens with zero attached hydrogens (tertiary/aromatic N) is 2. The summed E-state index contributed by atoms with van der Waals surface area (Å²) >= 11 is 0. The molecule has 0 spiro atoms. The Labute approximate surface area is 98.2 Å². The zero-order valence-electron chi connectivity index (χ0n) is 9.64. The summed E-state index contributed by atoms with van der Waals surface area (Å²) < 4.78 is 0. The van der Waals surface area contributed by atoms with Crippen LogP contribution >= 0.6 is 0 Å². The molecule has 0 saturated carbocycles. The molecule has 2 aromatic rings. The van der Waals surface area contributed by atoms with Crippen molar-refractivity contribution >= 4 is 0 Å². The Morgan fingerprint density at radius 3 is 2.65 bits per heavy atom. The average Bonchev–Trinajstić information content (AvgIpc) is 2.29. The number of rotatable bonds is 2. The van der Waals surface area contributed by atoms with E-state index in [1.165, 1.54) is 0 Å². The third-order valence-electron chi connectivity index (χ3n) is 2.39. The van der Waals surface area contributed by atoms with Crippen LogP contribution in [0.15, 0.2) is 35.3 Å². The molecule has 2 N–H and O–H groups in total. The number of H-pyrrole nitrogens is 1. The summed E-state index contributed by atoms with van der Waals surface area (Å²) in [6, 6.07) is 6.97. The summed E-state index contributed by atoms with van der Waals surface area (Å²) in [6.07, 6.45) is 1.64. The van der Waals surface area contributed by atoms with Crippen molar-refractivity contribution in [2.45, 2.75) is 19.4 Å². The molecule has 0 saturated heterocycles. The normalized spacial score (nSPS) is 11.5. The Balaban J connectivity index is 2.57. The average molecular weight is 231 g/mol. The van der Waals surface area contributed by atoms with Crippen LogP contribution in [0.3, 0.4) is 0 Å². The monoisotopic (exact) mass is 231 g/mol. The summed E-state index contributed by atoms with van der Waals surface area (Å²) in [6.45, 7) is 3.11. The Morgan fingerprint density at radius 1 is 1.29 bits per heavy atom. The molecule has 0 aliphatic rings. The maximum Gasteiger partial charge on any atom is 0.270 e. The molecule has 2 aromatic heterocycles. The van der Waals surface area contributed by atoms with Gasteiger partial charge in [-0.1, -0.05) is 6.07 Å². The van der Waals surface area contributed by atoms with Crippen LogP contribution in [-0.2, 0) is 5.60 Å². The van der Waals surface area contributed by atoms with Gasteiger partial charge in [0.25, 0.3) is 5.56 Å². The second kappa shape index (κ2) is 4.10. The molecule has 0 unspecified atom stereocenters. The number of hydrogen-bond acceptors (Lipinski definition) is 4. The standard InChI is InChI=1S/C12H13N3O2/c1-12(2,17)8-7-10(14-15-11(8)16)9-5-3-4-6-13-9/h3-7,17H,1-2H3,(H,15,16). The highest BCUT2D eigenvalue weighted by Gasteiger charge is 2.21. The molecular formula is C12H13N3O2. The van der Waals surface area contributed by atoms with Gasteiger partial charge in [0, 0.05) is 6.20 Å². The molecular weight excluding hydrogens is 218 g/mol. The molecule has 17 heavy (non-hydrogen) atoms. The lowest BCUT2D eigenvalue weighted by Gasteiger charge is -2.16. The summed E-state index contributed by atoms with van der Waals surface area (Å²) in [4.78, 5) is 15.7. The van der Waals surface area contributed by atoms with Crippen molar-refractivity contribution in [3.05, 3.63) is 46.4 Å². The molecule has 2 heterocycles. The Hall–Kier alpha value is -2.01. The number of hydrogen-bond donors (Lipinski definition) is 2. The molecule has 0 aliphatic carbocycles. The van der Waals surface area contributed by atoms with Crippen LogP contribution in [0, 0.1) is 0 Å². The molecule has 0 atom stereocenters. The maximum absolute atomic E-state index is 11.6. The molecule has 0 amide bonds. The first-order chi connectivity index (χ1) is 7.98. The second-order valence-electron chi connectivity index (χ2n) is 4.27. The third kappa shape index (κ3) is 2.39. The van der Waals surface area contributed by atoms with Crippen LogP contribution in [-0.4, -0.2) is 20.3 Å². The van der Waals surface area contributed by atoms with Gasteiger partial charge in [0.1, 0.15) is 5.69 Å². The van der Waals surface area contributed by atoms with Crippen molar-refractivity contribution in [1.82, 2.24) is 15.2 Å². The van der Waals surface area contributed by atoms with Crippen molar-refractivity contribution in [2.75, 3.05) is 0 Å². The molecule has 5 nitrogen and oxygen atoms in total.